The van der Waals surface area contributed by atoms with Gasteiger partial charge in [0.05, 0.1) is 6.10 Å². The zero-order valence-electron chi connectivity index (χ0n) is 13.1. The molecule has 2 unspecified atom stereocenters. The van der Waals surface area contributed by atoms with E-state index in [1.54, 1.807) is 0 Å². The van der Waals surface area contributed by atoms with Crippen LogP contribution in [0.25, 0.3) is 0 Å². The Morgan fingerprint density at radius 2 is 1.17 bits per heavy atom. The molecule has 2 atom stereocenters. The first-order valence-corrected chi connectivity index (χ1v) is 8.40. The molecule has 18 heavy (non-hydrogen) atoms. The largest absolute Gasteiger partial charge is 0.393 e. The van der Waals surface area contributed by atoms with E-state index in [0.717, 1.165) is 6.42 Å². The van der Waals surface area contributed by atoms with E-state index in [-0.39, 0.29) is 6.10 Å². The number of aliphatic hydroxyl groups is 1. The Hall–Kier alpha value is -0.0400. The van der Waals surface area contributed by atoms with Gasteiger partial charge >= 0.3 is 0 Å². The monoisotopic (exact) mass is 256 g/mol. The van der Waals surface area contributed by atoms with Crippen LogP contribution in [0.3, 0.4) is 0 Å². The Balaban J connectivity index is 3.15. The third-order valence-electron chi connectivity index (χ3n) is 4.14. The maximum absolute atomic E-state index is 9.56. The van der Waals surface area contributed by atoms with Crippen LogP contribution in [-0.2, 0) is 0 Å². The molecule has 0 rings (SSSR count). The molecule has 0 radical (unpaired) electrons. The summed E-state index contributed by atoms with van der Waals surface area (Å²) in [6.07, 6.45) is 16.2. The fourth-order valence-electron chi connectivity index (χ4n) is 2.68. The topological polar surface area (TPSA) is 20.2 Å². The molecule has 0 fully saturated rings. The summed E-state index contributed by atoms with van der Waals surface area (Å²) in [5, 5.41) is 9.56. The van der Waals surface area contributed by atoms with Crippen molar-refractivity contribution in [3.8, 4) is 0 Å². The quantitative estimate of drug-likeness (QED) is 0.419. The minimum absolute atomic E-state index is 0.117. The lowest BCUT2D eigenvalue weighted by molar-refractivity contribution is 0.115. The Labute approximate surface area is 115 Å². The van der Waals surface area contributed by atoms with Crippen molar-refractivity contribution in [2.45, 2.75) is 104 Å². The molecular weight excluding hydrogens is 220 g/mol. The van der Waals surface area contributed by atoms with Gasteiger partial charge in [-0.1, -0.05) is 84.5 Å². The second-order valence-electron chi connectivity index (χ2n) is 5.88. The van der Waals surface area contributed by atoms with Crippen molar-refractivity contribution in [1.29, 1.82) is 0 Å². The van der Waals surface area contributed by atoms with Gasteiger partial charge in [-0.2, -0.15) is 0 Å². The Bertz CT molecular complexity index is 154. The standard InChI is InChI=1S/C17H36O/c1-4-6-7-8-9-10-11-12-13-14-15-17(5-2)16(3)18/h16-18H,4-15H2,1-3H3. The minimum atomic E-state index is -0.117. The lowest BCUT2D eigenvalue weighted by atomic mass is 9.93. The van der Waals surface area contributed by atoms with Crippen molar-refractivity contribution in [1.82, 2.24) is 0 Å². The van der Waals surface area contributed by atoms with Crippen LogP contribution in [0.15, 0.2) is 0 Å². The molecule has 1 nitrogen and oxygen atoms in total. The van der Waals surface area contributed by atoms with E-state index in [9.17, 15) is 5.11 Å². The van der Waals surface area contributed by atoms with Crippen molar-refractivity contribution in [2.75, 3.05) is 0 Å². The molecule has 110 valence electrons. The van der Waals surface area contributed by atoms with Crippen LogP contribution in [0.5, 0.6) is 0 Å². The van der Waals surface area contributed by atoms with Gasteiger partial charge in [0.1, 0.15) is 0 Å². The summed E-state index contributed by atoms with van der Waals surface area (Å²) < 4.78 is 0. The second-order valence-corrected chi connectivity index (χ2v) is 5.88. The molecule has 0 saturated carbocycles. The van der Waals surface area contributed by atoms with Gasteiger partial charge in [0, 0.05) is 0 Å². The van der Waals surface area contributed by atoms with Gasteiger partial charge in [0.15, 0.2) is 0 Å². The van der Waals surface area contributed by atoms with Gasteiger partial charge in [0.25, 0.3) is 0 Å². The molecule has 0 amide bonds. The Kier molecular flexibility index (Phi) is 13.4. The molecule has 0 aromatic heterocycles. The number of unbranched alkanes of at least 4 members (excludes halogenated alkanes) is 9. The highest BCUT2D eigenvalue weighted by molar-refractivity contribution is 4.63. The lowest BCUT2D eigenvalue weighted by Gasteiger charge is -2.17. The van der Waals surface area contributed by atoms with E-state index in [1.807, 2.05) is 6.92 Å². The summed E-state index contributed by atoms with van der Waals surface area (Å²) in [6.45, 7) is 6.40. The minimum Gasteiger partial charge on any atom is -0.393 e. The van der Waals surface area contributed by atoms with Gasteiger partial charge in [-0.05, 0) is 19.3 Å². The Morgan fingerprint density at radius 3 is 1.56 bits per heavy atom. The normalized spacial score (nSPS) is 14.7. The van der Waals surface area contributed by atoms with Crippen LogP contribution < -0.4 is 0 Å². The van der Waals surface area contributed by atoms with E-state index in [0.29, 0.717) is 5.92 Å². The summed E-state index contributed by atoms with van der Waals surface area (Å²) in [5.74, 6) is 0.527. The molecule has 1 heteroatoms. The third kappa shape index (κ3) is 11.1. The highest BCUT2D eigenvalue weighted by Crippen LogP contribution is 2.18. The second kappa shape index (κ2) is 13.4. The first kappa shape index (κ1) is 18.0. The van der Waals surface area contributed by atoms with Gasteiger partial charge < -0.3 is 5.11 Å². The number of hydrogen-bond acceptors (Lipinski definition) is 1. The van der Waals surface area contributed by atoms with Crippen LogP contribution >= 0.6 is 0 Å². The number of rotatable bonds is 13. The molecular formula is C17H36O. The maximum atomic E-state index is 9.56. The van der Waals surface area contributed by atoms with E-state index in [1.165, 1.54) is 70.6 Å². The summed E-state index contributed by atoms with van der Waals surface area (Å²) >= 11 is 0. The molecule has 0 saturated heterocycles. The van der Waals surface area contributed by atoms with Crippen molar-refractivity contribution < 1.29 is 5.11 Å². The van der Waals surface area contributed by atoms with Crippen molar-refractivity contribution >= 4 is 0 Å². The SMILES string of the molecule is CCCCCCCCCCCCC(CC)C(C)O. The highest BCUT2D eigenvalue weighted by Gasteiger charge is 2.11. The van der Waals surface area contributed by atoms with E-state index in [4.69, 9.17) is 0 Å². The fourth-order valence-corrected chi connectivity index (χ4v) is 2.68. The average Bonchev–Trinajstić information content (AvgIpc) is 2.35. The van der Waals surface area contributed by atoms with E-state index in [2.05, 4.69) is 13.8 Å². The first-order chi connectivity index (χ1) is 8.72. The van der Waals surface area contributed by atoms with Gasteiger partial charge in [0.2, 0.25) is 0 Å². The first-order valence-electron chi connectivity index (χ1n) is 8.40. The summed E-state index contributed by atoms with van der Waals surface area (Å²) in [7, 11) is 0. The van der Waals surface area contributed by atoms with Crippen LogP contribution in [0.2, 0.25) is 0 Å². The lowest BCUT2D eigenvalue weighted by Crippen LogP contribution is -2.15. The van der Waals surface area contributed by atoms with Crippen LogP contribution in [0.4, 0.5) is 0 Å². The molecule has 1 N–H and O–H groups in total. The summed E-state index contributed by atoms with van der Waals surface area (Å²) in [6, 6.07) is 0. The number of aliphatic hydroxyl groups excluding tert-OH is 1. The molecule has 0 aromatic rings. The molecule has 0 heterocycles. The van der Waals surface area contributed by atoms with Gasteiger partial charge in [-0.25, -0.2) is 0 Å². The predicted octanol–water partition coefficient (Wildman–Crippen LogP) is 5.70. The average molecular weight is 256 g/mol. The molecule has 0 spiro atoms. The third-order valence-corrected chi connectivity index (χ3v) is 4.14. The fraction of sp³-hybridized carbons (Fsp3) is 1.00. The number of hydrogen-bond donors (Lipinski definition) is 1. The smallest absolute Gasteiger partial charge is 0.0540 e. The van der Waals surface area contributed by atoms with Crippen molar-refractivity contribution in [3.63, 3.8) is 0 Å². The Morgan fingerprint density at radius 1 is 0.722 bits per heavy atom. The van der Waals surface area contributed by atoms with E-state index >= 15 is 0 Å². The van der Waals surface area contributed by atoms with Crippen LogP contribution in [0, 0.1) is 5.92 Å². The van der Waals surface area contributed by atoms with Gasteiger partial charge in [-0.3, -0.25) is 0 Å². The van der Waals surface area contributed by atoms with Gasteiger partial charge in [-0.15, -0.1) is 0 Å². The van der Waals surface area contributed by atoms with Crippen LogP contribution in [-0.4, -0.2) is 11.2 Å². The van der Waals surface area contributed by atoms with Crippen molar-refractivity contribution in [3.05, 3.63) is 0 Å². The summed E-state index contributed by atoms with van der Waals surface area (Å²) in [5.41, 5.74) is 0. The predicted molar refractivity (Wildman–Crippen MR) is 81.9 cm³/mol. The highest BCUT2D eigenvalue weighted by atomic mass is 16.3. The van der Waals surface area contributed by atoms with E-state index < -0.39 is 0 Å². The van der Waals surface area contributed by atoms with Crippen molar-refractivity contribution in [2.24, 2.45) is 5.92 Å². The summed E-state index contributed by atoms with van der Waals surface area (Å²) in [4.78, 5) is 0. The zero-order valence-corrected chi connectivity index (χ0v) is 13.1. The zero-order chi connectivity index (χ0) is 13.6. The van der Waals surface area contributed by atoms with Crippen LogP contribution in [0.1, 0.15) is 97.8 Å². The molecule has 0 bridgehead atoms. The molecule has 0 aromatic carbocycles. The maximum Gasteiger partial charge on any atom is 0.0540 e. The molecule has 0 aliphatic rings. The molecule has 0 aliphatic heterocycles. The molecule has 0 aliphatic carbocycles.